The molecular formula is C17H12Cl2N2O2. The normalized spacial score (nSPS) is 10.5. The van der Waals surface area contributed by atoms with Gasteiger partial charge in [-0.05, 0) is 42.5 Å². The van der Waals surface area contributed by atoms with E-state index in [0.717, 1.165) is 5.56 Å². The van der Waals surface area contributed by atoms with E-state index in [1.807, 2.05) is 0 Å². The van der Waals surface area contributed by atoms with Crippen LogP contribution in [0.4, 0.5) is 11.4 Å². The minimum Gasteiger partial charge on any atom is -0.451 e. The summed E-state index contributed by atoms with van der Waals surface area (Å²) in [6, 6.07) is 15.4. The van der Waals surface area contributed by atoms with Gasteiger partial charge >= 0.3 is 0 Å². The zero-order chi connectivity index (χ0) is 16.4. The van der Waals surface area contributed by atoms with E-state index in [-0.39, 0.29) is 11.7 Å². The SMILES string of the molecule is Nc1ccccc1NC(=O)c1ccc(-c2ccc(Cl)c(Cl)c2)o1. The van der Waals surface area contributed by atoms with Gasteiger partial charge in [0.25, 0.3) is 5.91 Å². The average molecular weight is 347 g/mol. The number of furan rings is 1. The number of amides is 1. The largest absolute Gasteiger partial charge is 0.451 e. The van der Waals surface area contributed by atoms with Crippen LogP contribution in [0, 0.1) is 0 Å². The molecule has 0 aliphatic rings. The fraction of sp³-hybridized carbons (Fsp3) is 0. The maximum Gasteiger partial charge on any atom is 0.291 e. The summed E-state index contributed by atoms with van der Waals surface area (Å²) in [5, 5.41) is 3.58. The Kier molecular flexibility index (Phi) is 4.28. The molecule has 4 nitrogen and oxygen atoms in total. The number of hydrogen-bond acceptors (Lipinski definition) is 3. The van der Waals surface area contributed by atoms with E-state index >= 15 is 0 Å². The first kappa shape index (κ1) is 15.5. The van der Waals surface area contributed by atoms with Gasteiger partial charge in [-0.15, -0.1) is 0 Å². The topological polar surface area (TPSA) is 68.3 Å². The maximum atomic E-state index is 12.2. The van der Waals surface area contributed by atoms with Crippen molar-refractivity contribution in [3.63, 3.8) is 0 Å². The van der Waals surface area contributed by atoms with Crippen LogP contribution in [0.25, 0.3) is 11.3 Å². The van der Waals surface area contributed by atoms with Gasteiger partial charge in [0.2, 0.25) is 0 Å². The van der Waals surface area contributed by atoms with E-state index in [4.69, 9.17) is 33.4 Å². The molecular weight excluding hydrogens is 335 g/mol. The molecule has 6 heteroatoms. The molecule has 0 fully saturated rings. The van der Waals surface area contributed by atoms with Crippen LogP contribution in [-0.4, -0.2) is 5.91 Å². The summed E-state index contributed by atoms with van der Waals surface area (Å²) in [4.78, 5) is 12.2. The predicted octanol–water partition coefficient (Wildman–Crippen LogP) is 5.09. The summed E-state index contributed by atoms with van der Waals surface area (Å²) < 4.78 is 5.58. The second kappa shape index (κ2) is 6.36. The fourth-order valence-corrected chi connectivity index (χ4v) is 2.36. The predicted molar refractivity (Wildman–Crippen MR) is 93.0 cm³/mol. The van der Waals surface area contributed by atoms with Gasteiger partial charge in [-0.1, -0.05) is 35.3 Å². The highest BCUT2D eigenvalue weighted by molar-refractivity contribution is 6.42. The highest BCUT2D eigenvalue weighted by atomic mass is 35.5. The smallest absolute Gasteiger partial charge is 0.291 e. The summed E-state index contributed by atoms with van der Waals surface area (Å²) in [6.45, 7) is 0. The lowest BCUT2D eigenvalue weighted by Crippen LogP contribution is -2.12. The van der Waals surface area contributed by atoms with Crippen LogP contribution < -0.4 is 11.1 Å². The van der Waals surface area contributed by atoms with Gasteiger partial charge in [-0.3, -0.25) is 4.79 Å². The average Bonchev–Trinajstić information content (AvgIpc) is 3.02. The van der Waals surface area contributed by atoms with Crippen molar-refractivity contribution in [1.29, 1.82) is 0 Å². The number of para-hydroxylation sites is 2. The molecule has 1 amide bonds. The third-order valence-corrected chi connectivity index (χ3v) is 3.98. The molecule has 3 aromatic rings. The van der Waals surface area contributed by atoms with Gasteiger partial charge in [-0.25, -0.2) is 0 Å². The van der Waals surface area contributed by atoms with Crippen molar-refractivity contribution in [2.45, 2.75) is 0 Å². The van der Waals surface area contributed by atoms with Crippen molar-refractivity contribution < 1.29 is 9.21 Å². The van der Waals surface area contributed by atoms with E-state index in [1.165, 1.54) is 0 Å². The maximum absolute atomic E-state index is 12.2. The van der Waals surface area contributed by atoms with Gasteiger partial charge < -0.3 is 15.5 Å². The van der Waals surface area contributed by atoms with Gasteiger partial charge in [0.15, 0.2) is 5.76 Å². The van der Waals surface area contributed by atoms with Crippen molar-refractivity contribution in [3.8, 4) is 11.3 Å². The number of carbonyl (C=O) groups excluding carboxylic acids is 1. The number of halogens is 2. The Hall–Kier alpha value is -2.43. The molecule has 1 heterocycles. The molecule has 0 saturated heterocycles. The summed E-state index contributed by atoms with van der Waals surface area (Å²) >= 11 is 11.9. The minimum atomic E-state index is -0.380. The van der Waals surface area contributed by atoms with Crippen molar-refractivity contribution in [2.24, 2.45) is 0 Å². The van der Waals surface area contributed by atoms with Crippen molar-refractivity contribution in [2.75, 3.05) is 11.1 Å². The molecule has 0 saturated carbocycles. The number of rotatable bonds is 3. The molecule has 0 bridgehead atoms. The van der Waals surface area contributed by atoms with Gasteiger partial charge in [0, 0.05) is 5.56 Å². The van der Waals surface area contributed by atoms with Crippen LogP contribution in [-0.2, 0) is 0 Å². The second-order valence-electron chi connectivity index (χ2n) is 4.83. The zero-order valence-electron chi connectivity index (χ0n) is 11.8. The Balaban J connectivity index is 1.82. The summed E-state index contributed by atoms with van der Waals surface area (Å²) in [7, 11) is 0. The second-order valence-corrected chi connectivity index (χ2v) is 5.65. The highest BCUT2D eigenvalue weighted by Crippen LogP contribution is 2.30. The molecule has 0 unspecified atom stereocenters. The third kappa shape index (κ3) is 3.33. The van der Waals surface area contributed by atoms with Gasteiger partial charge in [0.05, 0.1) is 21.4 Å². The van der Waals surface area contributed by atoms with Crippen LogP contribution in [0.15, 0.2) is 59.0 Å². The first-order valence-electron chi connectivity index (χ1n) is 6.76. The third-order valence-electron chi connectivity index (χ3n) is 3.24. The first-order valence-corrected chi connectivity index (χ1v) is 7.51. The van der Waals surface area contributed by atoms with Crippen LogP contribution >= 0.6 is 23.2 Å². The summed E-state index contributed by atoms with van der Waals surface area (Å²) in [5.41, 5.74) is 7.55. The fourth-order valence-electron chi connectivity index (χ4n) is 2.06. The number of nitrogens with two attached hydrogens (primary N) is 1. The van der Waals surface area contributed by atoms with Crippen LogP contribution in [0.2, 0.25) is 10.0 Å². The lowest BCUT2D eigenvalue weighted by atomic mass is 10.2. The quantitative estimate of drug-likeness (QED) is 0.649. The Morgan fingerprint density at radius 2 is 1.78 bits per heavy atom. The monoisotopic (exact) mass is 346 g/mol. The Bertz CT molecular complexity index is 875. The molecule has 0 spiro atoms. The summed E-state index contributed by atoms with van der Waals surface area (Å²) in [5.74, 6) is 0.318. The number of nitrogen functional groups attached to an aromatic ring is 1. The number of hydrogen-bond donors (Lipinski definition) is 2. The molecule has 0 radical (unpaired) electrons. The van der Waals surface area contributed by atoms with Crippen LogP contribution in [0.1, 0.15) is 10.6 Å². The van der Waals surface area contributed by atoms with Crippen LogP contribution in [0.5, 0.6) is 0 Å². The zero-order valence-corrected chi connectivity index (χ0v) is 13.4. The standard InChI is InChI=1S/C17H12Cl2N2O2/c18-11-6-5-10(9-12(11)19)15-7-8-16(23-15)17(22)21-14-4-2-1-3-13(14)20/h1-9H,20H2,(H,21,22). The van der Waals surface area contributed by atoms with Crippen molar-refractivity contribution in [3.05, 3.63) is 70.4 Å². The van der Waals surface area contributed by atoms with E-state index in [2.05, 4.69) is 5.32 Å². The molecule has 116 valence electrons. The summed E-state index contributed by atoms with van der Waals surface area (Å²) in [6.07, 6.45) is 0. The number of nitrogens with one attached hydrogen (secondary N) is 1. The lowest BCUT2D eigenvalue weighted by Gasteiger charge is -2.06. The number of anilines is 2. The Morgan fingerprint density at radius 1 is 1.00 bits per heavy atom. The molecule has 0 aliphatic heterocycles. The Morgan fingerprint density at radius 3 is 2.52 bits per heavy atom. The lowest BCUT2D eigenvalue weighted by molar-refractivity contribution is 0.0997. The highest BCUT2D eigenvalue weighted by Gasteiger charge is 2.14. The van der Waals surface area contributed by atoms with Gasteiger partial charge in [0.1, 0.15) is 5.76 Å². The van der Waals surface area contributed by atoms with Gasteiger partial charge in [-0.2, -0.15) is 0 Å². The molecule has 0 atom stereocenters. The molecule has 3 rings (SSSR count). The molecule has 2 aromatic carbocycles. The van der Waals surface area contributed by atoms with E-state index in [0.29, 0.717) is 27.2 Å². The number of carbonyl (C=O) groups is 1. The number of benzene rings is 2. The minimum absolute atomic E-state index is 0.175. The van der Waals surface area contributed by atoms with E-state index in [9.17, 15) is 4.79 Å². The molecule has 0 aliphatic carbocycles. The van der Waals surface area contributed by atoms with E-state index in [1.54, 1.807) is 54.6 Å². The van der Waals surface area contributed by atoms with Crippen molar-refractivity contribution in [1.82, 2.24) is 0 Å². The Labute approximate surface area is 142 Å². The molecule has 3 N–H and O–H groups in total. The van der Waals surface area contributed by atoms with Crippen LogP contribution in [0.3, 0.4) is 0 Å². The van der Waals surface area contributed by atoms with Crippen molar-refractivity contribution >= 4 is 40.5 Å². The molecule has 23 heavy (non-hydrogen) atoms. The molecule has 1 aromatic heterocycles. The van der Waals surface area contributed by atoms with E-state index < -0.39 is 0 Å². The first-order chi connectivity index (χ1) is 11.0.